The summed E-state index contributed by atoms with van der Waals surface area (Å²) >= 11 is 0. The number of carbonyl (C=O) groups excluding carboxylic acids is 4. The van der Waals surface area contributed by atoms with Crippen molar-refractivity contribution >= 4 is 23.9 Å². The van der Waals surface area contributed by atoms with Gasteiger partial charge in [0.2, 0.25) is 0 Å². The van der Waals surface area contributed by atoms with Gasteiger partial charge >= 0.3 is 23.9 Å². The van der Waals surface area contributed by atoms with Crippen LogP contribution in [0.5, 0.6) is 0 Å². The second-order valence-electron chi connectivity index (χ2n) is 18.5. The van der Waals surface area contributed by atoms with E-state index in [4.69, 9.17) is 71.1 Å². The number of hydrogen-bond acceptors (Lipinski definition) is 19. The van der Waals surface area contributed by atoms with E-state index in [1.54, 1.807) is 133 Å². The van der Waals surface area contributed by atoms with Gasteiger partial charge in [0.25, 0.3) is 0 Å². The van der Waals surface area contributed by atoms with Crippen molar-refractivity contribution in [2.45, 2.75) is 152 Å². The fourth-order valence-corrected chi connectivity index (χ4v) is 9.20. The van der Waals surface area contributed by atoms with Crippen LogP contribution in [-0.4, -0.2) is 147 Å². The van der Waals surface area contributed by atoms with E-state index in [-0.39, 0.29) is 29.9 Å². The highest BCUT2D eigenvalue weighted by molar-refractivity contribution is 5.91. The standard InChI is InChI=1S/C49H56O19/c1-26(50)57-39-36-34(63-47(2,3)65-36)31(59-45(39)56-25-32-35-37(66-48(4,5)64-35)40-46(60-32)68-49(6,7)67-40)24-55-44-38(62-43(53)29-21-15-10-16-22-29)33(61-42(52)28-19-13-9-14-20-28)30(58-44)23-54-41(51)27-17-11-8-12-18-27/h8-22,30-40,44-46H,23-25H2,1-7H3/t30-,31+,32+,33-,34-,35-,36-,37-,38+,39+,40+,44+,45+,46+/m0/s1. The maximum absolute atomic E-state index is 13.8. The maximum atomic E-state index is 13.8. The van der Waals surface area contributed by atoms with E-state index < -0.39 is 134 Å². The normalized spacial score (nSPS) is 35.0. The van der Waals surface area contributed by atoms with Gasteiger partial charge in [0, 0.05) is 6.92 Å². The Morgan fingerprint density at radius 2 is 0.868 bits per heavy atom. The minimum atomic E-state index is -1.44. The predicted molar refractivity (Wildman–Crippen MR) is 229 cm³/mol. The van der Waals surface area contributed by atoms with Crippen LogP contribution >= 0.6 is 0 Å². The molecule has 0 amide bonds. The molecule has 0 radical (unpaired) electrons. The highest BCUT2D eigenvalue weighted by Crippen LogP contribution is 2.45. The molecule has 0 spiro atoms. The van der Waals surface area contributed by atoms with Crippen molar-refractivity contribution in [3.63, 3.8) is 0 Å². The molecule has 6 heterocycles. The molecule has 0 N–H and O–H groups in total. The summed E-state index contributed by atoms with van der Waals surface area (Å²) in [4.78, 5) is 53.3. The fraction of sp³-hybridized carbons (Fsp3) is 0.551. The third-order valence-corrected chi connectivity index (χ3v) is 12.0. The first-order valence-electron chi connectivity index (χ1n) is 22.6. The molecule has 9 rings (SSSR count). The molecule has 6 aliphatic rings. The minimum absolute atomic E-state index is 0.146. The van der Waals surface area contributed by atoms with Gasteiger partial charge in [0.1, 0.15) is 55.4 Å². The summed E-state index contributed by atoms with van der Waals surface area (Å²) in [6.45, 7) is 10.9. The Balaban J connectivity index is 0.978. The Bertz CT molecular complexity index is 2260. The Kier molecular flexibility index (Phi) is 13.8. The molecule has 6 saturated heterocycles. The van der Waals surface area contributed by atoms with Crippen molar-refractivity contribution < 1.29 is 90.2 Å². The Hall–Kier alpha value is -4.90. The van der Waals surface area contributed by atoms with Gasteiger partial charge in [-0.1, -0.05) is 54.6 Å². The molecule has 19 nitrogen and oxygen atoms in total. The van der Waals surface area contributed by atoms with Crippen LogP contribution in [-0.2, 0) is 75.8 Å². The molecule has 6 aliphatic heterocycles. The number of hydrogen-bond donors (Lipinski definition) is 0. The zero-order chi connectivity index (χ0) is 48.0. The molecular weight excluding hydrogens is 893 g/mol. The smallest absolute Gasteiger partial charge is 0.338 e. The monoisotopic (exact) mass is 948 g/mol. The van der Waals surface area contributed by atoms with Crippen molar-refractivity contribution in [3.8, 4) is 0 Å². The van der Waals surface area contributed by atoms with Crippen LogP contribution in [0.25, 0.3) is 0 Å². The van der Waals surface area contributed by atoms with Crippen molar-refractivity contribution in [3.05, 3.63) is 108 Å². The van der Waals surface area contributed by atoms with Gasteiger partial charge in [-0.2, -0.15) is 0 Å². The second-order valence-corrected chi connectivity index (χ2v) is 18.5. The summed E-state index contributed by atoms with van der Waals surface area (Å²) in [5.74, 6) is -5.94. The zero-order valence-corrected chi connectivity index (χ0v) is 38.6. The van der Waals surface area contributed by atoms with Gasteiger partial charge in [-0.05, 0) is 77.9 Å². The van der Waals surface area contributed by atoms with Crippen LogP contribution in [0.2, 0.25) is 0 Å². The van der Waals surface area contributed by atoms with Gasteiger partial charge in [0.05, 0.1) is 29.9 Å². The van der Waals surface area contributed by atoms with E-state index in [2.05, 4.69) is 0 Å². The van der Waals surface area contributed by atoms with Crippen LogP contribution in [0.3, 0.4) is 0 Å². The van der Waals surface area contributed by atoms with E-state index in [1.165, 1.54) is 6.92 Å². The molecule has 6 fully saturated rings. The van der Waals surface area contributed by atoms with Crippen LogP contribution < -0.4 is 0 Å². The predicted octanol–water partition coefficient (Wildman–Crippen LogP) is 4.63. The largest absolute Gasteiger partial charge is 0.459 e. The number of esters is 4. The number of carbonyl (C=O) groups is 4. The molecule has 366 valence electrons. The Morgan fingerprint density at radius 3 is 1.43 bits per heavy atom. The molecule has 3 aromatic rings. The fourth-order valence-electron chi connectivity index (χ4n) is 9.20. The van der Waals surface area contributed by atoms with Crippen LogP contribution in [0.15, 0.2) is 91.0 Å². The highest BCUT2D eigenvalue weighted by Gasteiger charge is 2.62. The maximum Gasteiger partial charge on any atom is 0.338 e. The molecule has 0 saturated carbocycles. The number of benzene rings is 3. The van der Waals surface area contributed by atoms with E-state index >= 15 is 0 Å². The average molecular weight is 949 g/mol. The summed E-state index contributed by atoms with van der Waals surface area (Å²) in [6.07, 6.45) is -14.1. The van der Waals surface area contributed by atoms with Crippen molar-refractivity contribution in [1.29, 1.82) is 0 Å². The molecule has 0 aromatic heterocycles. The van der Waals surface area contributed by atoms with Crippen LogP contribution in [0.1, 0.15) is 79.5 Å². The zero-order valence-electron chi connectivity index (χ0n) is 38.6. The topological polar surface area (TPSA) is 207 Å². The molecule has 68 heavy (non-hydrogen) atoms. The van der Waals surface area contributed by atoms with Gasteiger partial charge in [0.15, 0.2) is 54.5 Å². The summed E-state index contributed by atoms with van der Waals surface area (Å²) in [6, 6.07) is 24.7. The minimum Gasteiger partial charge on any atom is -0.459 e. The molecule has 14 atom stereocenters. The van der Waals surface area contributed by atoms with Gasteiger partial charge < -0.3 is 71.1 Å². The molecule has 0 unspecified atom stereocenters. The molecular formula is C49H56O19. The van der Waals surface area contributed by atoms with Crippen molar-refractivity contribution in [2.75, 3.05) is 19.8 Å². The Morgan fingerprint density at radius 1 is 0.441 bits per heavy atom. The summed E-state index contributed by atoms with van der Waals surface area (Å²) in [7, 11) is 0. The number of rotatable bonds is 14. The molecule has 0 bridgehead atoms. The van der Waals surface area contributed by atoms with Crippen molar-refractivity contribution in [2.24, 2.45) is 0 Å². The first-order valence-corrected chi connectivity index (χ1v) is 22.6. The van der Waals surface area contributed by atoms with Crippen molar-refractivity contribution in [1.82, 2.24) is 0 Å². The van der Waals surface area contributed by atoms with E-state index in [0.29, 0.717) is 0 Å². The number of ether oxygens (including phenoxy) is 15. The van der Waals surface area contributed by atoms with Gasteiger partial charge in [-0.25, -0.2) is 14.4 Å². The lowest BCUT2D eigenvalue weighted by Crippen LogP contribution is -2.61. The SMILES string of the molecule is CC(=O)O[C@H]1[C@H](OC[C@H]2O[C@@H]3OC(C)(C)O[C@@H]3[C@H]3OC(C)(C)O[C@H]32)O[C@H](CO[C@@H]2O[C@@H](COC(=O)c3ccccc3)[C@H](OC(=O)c3ccccc3)[C@H]2OC(=O)c2ccccc2)[C@@H]2OC(C)(C)O[C@@H]21. The molecule has 19 heteroatoms. The second kappa shape index (κ2) is 19.5. The quantitative estimate of drug-likeness (QED) is 0.160. The Labute approximate surface area is 392 Å². The summed E-state index contributed by atoms with van der Waals surface area (Å²) < 4.78 is 93.5. The first kappa shape index (κ1) is 48.1. The highest BCUT2D eigenvalue weighted by atomic mass is 16.9. The lowest BCUT2D eigenvalue weighted by Gasteiger charge is -2.42. The first-order chi connectivity index (χ1) is 32.4. The van der Waals surface area contributed by atoms with Crippen LogP contribution in [0.4, 0.5) is 0 Å². The van der Waals surface area contributed by atoms with Crippen LogP contribution in [0, 0.1) is 0 Å². The van der Waals surface area contributed by atoms with E-state index in [0.717, 1.165) is 0 Å². The molecule has 0 aliphatic carbocycles. The summed E-state index contributed by atoms with van der Waals surface area (Å²) in [5.41, 5.74) is 0.679. The average Bonchev–Trinajstić information content (AvgIpc) is 4.02. The van der Waals surface area contributed by atoms with E-state index in [1.807, 2.05) is 0 Å². The molecule has 3 aromatic carbocycles. The van der Waals surface area contributed by atoms with E-state index in [9.17, 15) is 19.2 Å². The third-order valence-electron chi connectivity index (χ3n) is 12.0. The lowest BCUT2D eigenvalue weighted by molar-refractivity contribution is -0.310. The van der Waals surface area contributed by atoms with Gasteiger partial charge in [-0.3, -0.25) is 4.79 Å². The summed E-state index contributed by atoms with van der Waals surface area (Å²) in [5, 5.41) is 0. The third kappa shape index (κ3) is 10.6. The lowest BCUT2D eigenvalue weighted by atomic mass is 9.98. The van der Waals surface area contributed by atoms with Gasteiger partial charge in [-0.15, -0.1) is 0 Å². The number of fused-ring (bicyclic) bond motifs is 4.